The molecule has 0 aromatic heterocycles. The van der Waals surface area contributed by atoms with E-state index in [1.807, 2.05) is 5.01 Å². The fraction of sp³-hybridized carbons (Fsp3) is 0.625. The molecule has 0 spiro atoms. The summed E-state index contributed by atoms with van der Waals surface area (Å²) < 4.78 is 0. The van der Waals surface area contributed by atoms with Crippen LogP contribution in [0.25, 0.3) is 0 Å². The summed E-state index contributed by atoms with van der Waals surface area (Å²) in [4.78, 5) is 11.0. The minimum atomic E-state index is 0.0434. The first-order valence-electron chi connectivity index (χ1n) is 3.98. The zero-order valence-corrected chi connectivity index (χ0v) is 6.68. The molecule has 1 amide bonds. The SMILES string of the molecule is C=CCC(=O)NN1CCCC1. The minimum absolute atomic E-state index is 0.0434. The second-order valence-corrected chi connectivity index (χ2v) is 2.72. The summed E-state index contributed by atoms with van der Waals surface area (Å²) in [5.41, 5.74) is 2.80. The average Bonchev–Trinajstić information content (AvgIpc) is 2.40. The molecule has 3 nitrogen and oxygen atoms in total. The lowest BCUT2D eigenvalue weighted by atomic mass is 10.4. The topological polar surface area (TPSA) is 32.3 Å². The summed E-state index contributed by atoms with van der Waals surface area (Å²) in [6.45, 7) is 5.47. The van der Waals surface area contributed by atoms with Gasteiger partial charge >= 0.3 is 0 Å². The lowest BCUT2D eigenvalue weighted by Crippen LogP contribution is -2.39. The van der Waals surface area contributed by atoms with Crippen LogP contribution in [-0.2, 0) is 4.79 Å². The van der Waals surface area contributed by atoms with E-state index >= 15 is 0 Å². The molecule has 0 bridgehead atoms. The van der Waals surface area contributed by atoms with Crippen LogP contribution in [-0.4, -0.2) is 24.0 Å². The van der Waals surface area contributed by atoms with E-state index in [4.69, 9.17) is 0 Å². The molecule has 0 aliphatic carbocycles. The standard InChI is InChI=1S/C8H14N2O/c1-2-5-8(11)9-10-6-3-4-7-10/h2H,1,3-7H2,(H,9,11). The molecule has 11 heavy (non-hydrogen) atoms. The molecule has 1 fully saturated rings. The predicted molar refractivity (Wildman–Crippen MR) is 43.8 cm³/mol. The van der Waals surface area contributed by atoms with Crippen molar-refractivity contribution in [3.05, 3.63) is 12.7 Å². The third-order valence-electron chi connectivity index (χ3n) is 1.72. The van der Waals surface area contributed by atoms with Crippen molar-refractivity contribution >= 4 is 5.91 Å². The average molecular weight is 154 g/mol. The van der Waals surface area contributed by atoms with Crippen molar-refractivity contribution in [2.45, 2.75) is 19.3 Å². The molecule has 1 N–H and O–H groups in total. The van der Waals surface area contributed by atoms with Crippen LogP contribution >= 0.6 is 0 Å². The van der Waals surface area contributed by atoms with Crippen molar-refractivity contribution < 1.29 is 4.79 Å². The molecular weight excluding hydrogens is 140 g/mol. The number of nitrogens with zero attached hydrogens (tertiary/aromatic N) is 1. The van der Waals surface area contributed by atoms with Gasteiger partial charge in [0, 0.05) is 19.5 Å². The molecule has 0 radical (unpaired) electrons. The zero-order valence-electron chi connectivity index (χ0n) is 6.68. The Bertz CT molecular complexity index is 150. The fourth-order valence-corrected chi connectivity index (χ4v) is 1.18. The van der Waals surface area contributed by atoms with Gasteiger partial charge in [0.15, 0.2) is 0 Å². The summed E-state index contributed by atoms with van der Waals surface area (Å²) in [5.74, 6) is 0.0434. The first kappa shape index (κ1) is 8.27. The minimum Gasteiger partial charge on any atom is -0.289 e. The van der Waals surface area contributed by atoms with Crippen molar-refractivity contribution in [1.82, 2.24) is 10.4 Å². The molecule has 0 aromatic rings. The van der Waals surface area contributed by atoms with Gasteiger partial charge in [-0.05, 0) is 12.8 Å². The third kappa shape index (κ3) is 2.72. The number of nitrogens with one attached hydrogen (secondary N) is 1. The molecule has 3 heteroatoms. The summed E-state index contributed by atoms with van der Waals surface area (Å²) in [6, 6.07) is 0. The molecule has 1 heterocycles. The predicted octanol–water partition coefficient (Wildman–Crippen LogP) is 0.689. The smallest absolute Gasteiger partial charge is 0.238 e. The number of hydrazine groups is 1. The van der Waals surface area contributed by atoms with Crippen LogP contribution < -0.4 is 5.43 Å². The lowest BCUT2D eigenvalue weighted by molar-refractivity contribution is -0.124. The van der Waals surface area contributed by atoms with Crippen molar-refractivity contribution in [2.75, 3.05) is 13.1 Å². The lowest BCUT2D eigenvalue weighted by Gasteiger charge is -2.14. The van der Waals surface area contributed by atoms with E-state index in [0.717, 1.165) is 13.1 Å². The molecule has 62 valence electrons. The summed E-state index contributed by atoms with van der Waals surface area (Å²) >= 11 is 0. The van der Waals surface area contributed by atoms with Crippen LogP contribution in [0.1, 0.15) is 19.3 Å². The van der Waals surface area contributed by atoms with E-state index in [0.29, 0.717) is 6.42 Å². The maximum absolute atomic E-state index is 11.0. The third-order valence-corrected chi connectivity index (χ3v) is 1.72. The number of hydrogen-bond donors (Lipinski definition) is 1. The van der Waals surface area contributed by atoms with Crippen LogP contribution in [0.5, 0.6) is 0 Å². The van der Waals surface area contributed by atoms with Gasteiger partial charge in [-0.2, -0.15) is 0 Å². The highest BCUT2D eigenvalue weighted by atomic mass is 16.2. The maximum Gasteiger partial charge on any atom is 0.238 e. The Morgan fingerprint density at radius 2 is 2.18 bits per heavy atom. The second-order valence-electron chi connectivity index (χ2n) is 2.72. The highest BCUT2D eigenvalue weighted by Crippen LogP contribution is 2.03. The van der Waals surface area contributed by atoms with Crippen LogP contribution in [0, 0.1) is 0 Å². The number of rotatable bonds is 3. The van der Waals surface area contributed by atoms with Gasteiger partial charge in [0.05, 0.1) is 0 Å². The maximum atomic E-state index is 11.0. The van der Waals surface area contributed by atoms with Crippen molar-refractivity contribution in [3.8, 4) is 0 Å². The van der Waals surface area contributed by atoms with E-state index in [9.17, 15) is 4.79 Å². The van der Waals surface area contributed by atoms with Gasteiger partial charge in [0.25, 0.3) is 0 Å². The molecular formula is C8H14N2O. The summed E-state index contributed by atoms with van der Waals surface area (Å²) in [6.07, 6.45) is 4.41. The Balaban J connectivity index is 2.18. The van der Waals surface area contributed by atoms with E-state index in [-0.39, 0.29) is 5.91 Å². The van der Waals surface area contributed by atoms with Crippen molar-refractivity contribution in [1.29, 1.82) is 0 Å². The first-order chi connectivity index (χ1) is 5.33. The van der Waals surface area contributed by atoms with E-state index < -0.39 is 0 Å². The number of carbonyl (C=O) groups excluding carboxylic acids is 1. The Labute approximate surface area is 67.0 Å². The second kappa shape index (κ2) is 4.13. The Morgan fingerprint density at radius 3 is 2.73 bits per heavy atom. The number of carbonyl (C=O) groups is 1. The molecule has 0 atom stereocenters. The van der Waals surface area contributed by atoms with Gasteiger partial charge in [-0.1, -0.05) is 6.08 Å². The molecule has 1 aliphatic heterocycles. The molecule has 0 saturated carbocycles. The zero-order chi connectivity index (χ0) is 8.10. The van der Waals surface area contributed by atoms with Crippen LogP contribution in [0.15, 0.2) is 12.7 Å². The van der Waals surface area contributed by atoms with E-state index in [1.54, 1.807) is 6.08 Å². The number of hydrogen-bond acceptors (Lipinski definition) is 2. The van der Waals surface area contributed by atoms with Crippen LogP contribution in [0.4, 0.5) is 0 Å². The fourth-order valence-electron chi connectivity index (χ4n) is 1.18. The van der Waals surface area contributed by atoms with Gasteiger partial charge in [-0.25, -0.2) is 5.01 Å². The summed E-state index contributed by atoms with van der Waals surface area (Å²) in [5, 5.41) is 1.96. The highest BCUT2D eigenvalue weighted by molar-refractivity contribution is 5.76. The molecule has 1 saturated heterocycles. The molecule has 1 rings (SSSR count). The monoisotopic (exact) mass is 154 g/mol. The van der Waals surface area contributed by atoms with Crippen molar-refractivity contribution in [2.24, 2.45) is 0 Å². The quantitative estimate of drug-likeness (QED) is 0.606. The Hall–Kier alpha value is -0.830. The molecule has 1 aliphatic rings. The van der Waals surface area contributed by atoms with Gasteiger partial charge in [0.2, 0.25) is 5.91 Å². The number of amides is 1. The highest BCUT2D eigenvalue weighted by Gasteiger charge is 2.12. The largest absolute Gasteiger partial charge is 0.289 e. The normalized spacial score (nSPS) is 18.2. The molecule has 0 aromatic carbocycles. The van der Waals surface area contributed by atoms with Gasteiger partial charge < -0.3 is 0 Å². The van der Waals surface area contributed by atoms with E-state index in [2.05, 4.69) is 12.0 Å². The van der Waals surface area contributed by atoms with E-state index in [1.165, 1.54) is 12.8 Å². The van der Waals surface area contributed by atoms with Gasteiger partial charge in [-0.15, -0.1) is 6.58 Å². The Kier molecular flexibility index (Phi) is 3.11. The first-order valence-corrected chi connectivity index (χ1v) is 3.98. The van der Waals surface area contributed by atoms with Crippen LogP contribution in [0.2, 0.25) is 0 Å². The van der Waals surface area contributed by atoms with Crippen molar-refractivity contribution in [3.63, 3.8) is 0 Å². The van der Waals surface area contributed by atoms with Crippen LogP contribution in [0.3, 0.4) is 0 Å². The van der Waals surface area contributed by atoms with Gasteiger partial charge in [-0.3, -0.25) is 10.2 Å². The molecule has 0 unspecified atom stereocenters. The summed E-state index contributed by atoms with van der Waals surface area (Å²) in [7, 11) is 0. The van der Waals surface area contributed by atoms with Gasteiger partial charge in [0.1, 0.15) is 0 Å². The Morgan fingerprint density at radius 1 is 1.55 bits per heavy atom.